The fourth-order valence-electron chi connectivity index (χ4n) is 1.32. The average Bonchev–Trinajstić information content (AvgIpc) is 2.29. The molecule has 0 spiro atoms. The molecule has 0 radical (unpaired) electrons. The van der Waals surface area contributed by atoms with Gasteiger partial charge in [-0.05, 0) is 17.7 Å². The molecule has 3 nitrogen and oxygen atoms in total. The van der Waals surface area contributed by atoms with E-state index in [0.717, 1.165) is 28.4 Å². The van der Waals surface area contributed by atoms with Crippen molar-refractivity contribution >= 4 is 11.8 Å². The van der Waals surface area contributed by atoms with Crippen molar-refractivity contribution in [1.29, 1.82) is 0 Å². The van der Waals surface area contributed by atoms with Crippen molar-refractivity contribution in [2.75, 3.05) is 19.5 Å². The Labute approximate surface area is 94.6 Å². The highest BCUT2D eigenvalue weighted by Gasteiger charge is 2.03. The van der Waals surface area contributed by atoms with Crippen molar-refractivity contribution in [2.45, 2.75) is 12.3 Å². The number of nitrogens with two attached hydrogens (primary N) is 1. The van der Waals surface area contributed by atoms with Gasteiger partial charge in [-0.3, -0.25) is 0 Å². The zero-order valence-electron chi connectivity index (χ0n) is 8.90. The second-order valence-corrected chi connectivity index (χ2v) is 4.23. The van der Waals surface area contributed by atoms with Crippen LogP contribution < -0.4 is 10.5 Å². The molecular formula is C11H17NO2S. The van der Waals surface area contributed by atoms with Gasteiger partial charge >= 0.3 is 0 Å². The van der Waals surface area contributed by atoms with Gasteiger partial charge in [0, 0.05) is 23.6 Å². The number of benzene rings is 1. The number of ether oxygens (including phenoxy) is 1. The molecule has 0 aliphatic carbocycles. The molecule has 0 bridgehead atoms. The first-order chi connectivity index (χ1) is 7.31. The molecule has 0 aliphatic heterocycles. The summed E-state index contributed by atoms with van der Waals surface area (Å²) in [5.74, 6) is 2.48. The van der Waals surface area contributed by atoms with Crippen LogP contribution in [0.1, 0.15) is 11.1 Å². The van der Waals surface area contributed by atoms with Gasteiger partial charge in [-0.25, -0.2) is 0 Å². The maximum Gasteiger partial charge on any atom is 0.122 e. The molecular weight excluding hydrogens is 210 g/mol. The van der Waals surface area contributed by atoms with Crippen LogP contribution in [-0.4, -0.2) is 24.6 Å². The van der Waals surface area contributed by atoms with Crippen molar-refractivity contribution in [3.63, 3.8) is 0 Å². The summed E-state index contributed by atoms with van der Waals surface area (Å²) in [5.41, 5.74) is 7.82. The zero-order valence-corrected chi connectivity index (χ0v) is 9.72. The standard InChI is InChI=1S/C11H17NO2S/c1-14-11-3-2-9(7-12)6-10(11)8-15-5-4-13/h2-3,6,13H,4-5,7-8,12H2,1H3. The summed E-state index contributed by atoms with van der Waals surface area (Å²) in [6, 6.07) is 5.97. The maximum absolute atomic E-state index is 8.70. The molecule has 15 heavy (non-hydrogen) atoms. The molecule has 0 saturated carbocycles. The van der Waals surface area contributed by atoms with Gasteiger partial charge in [-0.15, -0.1) is 0 Å². The van der Waals surface area contributed by atoms with Gasteiger partial charge in [0.25, 0.3) is 0 Å². The largest absolute Gasteiger partial charge is 0.496 e. The quantitative estimate of drug-likeness (QED) is 0.721. The summed E-state index contributed by atoms with van der Waals surface area (Å²) in [6.07, 6.45) is 0. The van der Waals surface area contributed by atoms with E-state index in [2.05, 4.69) is 6.07 Å². The second-order valence-electron chi connectivity index (χ2n) is 3.13. The van der Waals surface area contributed by atoms with Crippen LogP contribution in [0, 0.1) is 0 Å². The van der Waals surface area contributed by atoms with Gasteiger partial charge in [-0.1, -0.05) is 6.07 Å². The van der Waals surface area contributed by atoms with Crippen LogP contribution in [0.5, 0.6) is 5.75 Å². The maximum atomic E-state index is 8.70. The van der Waals surface area contributed by atoms with E-state index in [4.69, 9.17) is 15.6 Å². The average molecular weight is 227 g/mol. The molecule has 4 heteroatoms. The van der Waals surface area contributed by atoms with Crippen LogP contribution in [0.3, 0.4) is 0 Å². The number of rotatable bonds is 6. The second kappa shape index (κ2) is 6.71. The minimum atomic E-state index is 0.212. The van der Waals surface area contributed by atoms with E-state index in [1.165, 1.54) is 0 Å². The van der Waals surface area contributed by atoms with Crippen LogP contribution in [0.4, 0.5) is 0 Å². The Bertz CT molecular complexity index is 305. The van der Waals surface area contributed by atoms with Crippen molar-refractivity contribution in [3.05, 3.63) is 29.3 Å². The lowest BCUT2D eigenvalue weighted by Crippen LogP contribution is -1.99. The lowest BCUT2D eigenvalue weighted by Gasteiger charge is -2.09. The third-order valence-corrected chi connectivity index (χ3v) is 3.06. The molecule has 0 heterocycles. The molecule has 1 aromatic carbocycles. The van der Waals surface area contributed by atoms with Crippen molar-refractivity contribution < 1.29 is 9.84 Å². The fraction of sp³-hybridized carbons (Fsp3) is 0.455. The Morgan fingerprint density at radius 3 is 2.87 bits per heavy atom. The summed E-state index contributed by atoms with van der Waals surface area (Å²) in [5, 5.41) is 8.70. The molecule has 0 aliphatic rings. The van der Waals surface area contributed by atoms with E-state index in [9.17, 15) is 0 Å². The van der Waals surface area contributed by atoms with Gasteiger partial charge in [0.2, 0.25) is 0 Å². The van der Waals surface area contributed by atoms with E-state index in [1.807, 2.05) is 12.1 Å². The Kier molecular flexibility index (Phi) is 5.53. The Morgan fingerprint density at radius 2 is 2.27 bits per heavy atom. The molecule has 0 atom stereocenters. The highest BCUT2D eigenvalue weighted by Crippen LogP contribution is 2.24. The van der Waals surface area contributed by atoms with Crippen LogP contribution in [0.15, 0.2) is 18.2 Å². The number of aliphatic hydroxyl groups is 1. The number of hydrogen-bond acceptors (Lipinski definition) is 4. The topological polar surface area (TPSA) is 55.5 Å². The van der Waals surface area contributed by atoms with E-state index in [-0.39, 0.29) is 6.61 Å². The molecule has 1 rings (SSSR count). The van der Waals surface area contributed by atoms with E-state index >= 15 is 0 Å². The molecule has 0 aromatic heterocycles. The highest BCUT2D eigenvalue weighted by molar-refractivity contribution is 7.98. The van der Waals surface area contributed by atoms with Crippen LogP contribution >= 0.6 is 11.8 Å². The molecule has 1 aromatic rings. The molecule has 0 unspecified atom stereocenters. The SMILES string of the molecule is COc1ccc(CN)cc1CSCCO. The predicted molar refractivity (Wildman–Crippen MR) is 64.1 cm³/mol. The van der Waals surface area contributed by atoms with Gasteiger partial charge < -0.3 is 15.6 Å². The number of aliphatic hydroxyl groups excluding tert-OH is 1. The van der Waals surface area contributed by atoms with Crippen LogP contribution in [0.25, 0.3) is 0 Å². The third-order valence-electron chi connectivity index (χ3n) is 2.07. The highest BCUT2D eigenvalue weighted by atomic mass is 32.2. The first-order valence-corrected chi connectivity index (χ1v) is 6.01. The first-order valence-electron chi connectivity index (χ1n) is 4.86. The molecule has 0 amide bonds. The summed E-state index contributed by atoms with van der Waals surface area (Å²) < 4.78 is 5.26. The smallest absolute Gasteiger partial charge is 0.122 e. The molecule has 84 valence electrons. The summed E-state index contributed by atoms with van der Waals surface area (Å²) in [7, 11) is 1.66. The van der Waals surface area contributed by atoms with Gasteiger partial charge in [-0.2, -0.15) is 11.8 Å². The Hall–Kier alpha value is -0.710. The Morgan fingerprint density at radius 1 is 1.47 bits per heavy atom. The summed E-state index contributed by atoms with van der Waals surface area (Å²) >= 11 is 1.68. The number of methoxy groups -OCH3 is 1. The molecule has 0 saturated heterocycles. The van der Waals surface area contributed by atoms with E-state index in [1.54, 1.807) is 18.9 Å². The van der Waals surface area contributed by atoms with Crippen molar-refractivity contribution in [2.24, 2.45) is 5.73 Å². The normalized spacial score (nSPS) is 10.3. The minimum Gasteiger partial charge on any atom is -0.496 e. The number of thioether (sulfide) groups is 1. The van der Waals surface area contributed by atoms with Crippen molar-refractivity contribution in [3.8, 4) is 5.75 Å². The van der Waals surface area contributed by atoms with Gasteiger partial charge in [0.05, 0.1) is 13.7 Å². The van der Waals surface area contributed by atoms with E-state index < -0.39 is 0 Å². The fourth-order valence-corrected chi connectivity index (χ4v) is 2.04. The van der Waals surface area contributed by atoms with Gasteiger partial charge in [0.15, 0.2) is 0 Å². The third kappa shape index (κ3) is 3.74. The number of hydrogen-bond donors (Lipinski definition) is 2. The van der Waals surface area contributed by atoms with Gasteiger partial charge in [0.1, 0.15) is 5.75 Å². The zero-order chi connectivity index (χ0) is 11.1. The first kappa shape index (κ1) is 12.4. The lowest BCUT2D eigenvalue weighted by molar-refractivity contribution is 0.322. The Balaban J connectivity index is 2.72. The summed E-state index contributed by atoms with van der Waals surface area (Å²) in [4.78, 5) is 0. The van der Waals surface area contributed by atoms with Crippen LogP contribution in [-0.2, 0) is 12.3 Å². The van der Waals surface area contributed by atoms with Crippen LogP contribution in [0.2, 0.25) is 0 Å². The van der Waals surface area contributed by atoms with E-state index in [0.29, 0.717) is 6.54 Å². The molecule has 3 N–H and O–H groups in total. The lowest BCUT2D eigenvalue weighted by atomic mass is 10.1. The summed E-state index contributed by atoms with van der Waals surface area (Å²) in [6.45, 7) is 0.755. The minimum absolute atomic E-state index is 0.212. The predicted octanol–water partition coefficient (Wildman–Crippen LogP) is 1.38. The molecule has 0 fully saturated rings. The van der Waals surface area contributed by atoms with Crippen molar-refractivity contribution in [1.82, 2.24) is 0 Å². The monoisotopic (exact) mass is 227 g/mol.